The van der Waals surface area contributed by atoms with Crippen LogP contribution in [-0.4, -0.2) is 25.5 Å². The molecule has 0 saturated heterocycles. The van der Waals surface area contributed by atoms with Crippen molar-refractivity contribution in [2.45, 2.75) is 12.5 Å². The first kappa shape index (κ1) is 14.5. The molecule has 0 aliphatic heterocycles. The van der Waals surface area contributed by atoms with E-state index in [1.54, 1.807) is 18.2 Å². The standard InChI is InChI=1S/C14H15NO4S/c16-14(17)12-6-7-13(10-12)15-20(18,19)9-8-11-4-2-1-3-5-11/h1-9,12-13,15H,10H2,(H,16,17). The molecule has 2 atom stereocenters. The van der Waals surface area contributed by atoms with Crippen LogP contribution >= 0.6 is 0 Å². The molecule has 2 N–H and O–H groups in total. The molecule has 1 aliphatic rings. The van der Waals surface area contributed by atoms with Gasteiger partial charge in [-0.2, -0.15) is 0 Å². The van der Waals surface area contributed by atoms with E-state index in [1.807, 2.05) is 18.2 Å². The number of nitrogens with one attached hydrogen (secondary N) is 1. The van der Waals surface area contributed by atoms with Crippen LogP contribution in [0.1, 0.15) is 12.0 Å². The molecule has 1 aromatic carbocycles. The molecule has 2 rings (SSSR count). The molecule has 0 saturated carbocycles. The van der Waals surface area contributed by atoms with Crippen molar-refractivity contribution in [1.82, 2.24) is 4.72 Å². The normalized spacial score (nSPS) is 22.4. The SMILES string of the molecule is O=C(O)C1C=CC(NS(=O)(=O)C=Cc2ccccc2)C1. The van der Waals surface area contributed by atoms with Gasteiger partial charge in [0.1, 0.15) is 0 Å². The monoisotopic (exact) mass is 293 g/mol. The Morgan fingerprint density at radius 2 is 1.95 bits per heavy atom. The van der Waals surface area contributed by atoms with Crippen LogP contribution in [0.2, 0.25) is 0 Å². The van der Waals surface area contributed by atoms with Gasteiger partial charge in [0.15, 0.2) is 0 Å². The van der Waals surface area contributed by atoms with E-state index < -0.39 is 28.0 Å². The molecule has 106 valence electrons. The molecular weight excluding hydrogens is 278 g/mol. The summed E-state index contributed by atoms with van der Waals surface area (Å²) in [6.45, 7) is 0. The van der Waals surface area contributed by atoms with Crippen LogP contribution in [0.5, 0.6) is 0 Å². The molecule has 1 aliphatic carbocycles. The Labute approximate surface area is 117 Å². The second-order valence-electron chi connectivity index (χ2n) is 4.55. The Morgan fingerprint density at radius 3 is 2.55 bits per heavy atom. The van der Waals surface area contributed by atoms with E-state index in [0.717, 1.165) is 11.0 Å². The van der Waals surface area contributed by atoms with Gasteiger partial charge in [-0.25, -0.2) is 13.1 Å². The van der Waals surface area contributed by atoms with Crippen LogP contribution in [0.4, 0.5) is 0 Å². The van der Waals surface area contributed by atoms with Crippen LogP contribution in [0.15, 0.2) is 47.9 Å². The summed E-state index contributed by atoms with van der Waals surface area (Å²) in [5, 5.41) is 9.93. The predicted octanol–water partition coefficient (Wildman–Crippen LogP) is 1.61. The number of aliphatic carboxylic acids is 1. The summed E-state index contributed by atoms with van der Waals surface area (Å²) in [5.74, 6) is -1.57. The zero-order chi connectivity index (χ0) is 14.6. The first-order valence-electron chi connectivity index (χ1n) is 6.13. The summed E-state index contributed by atoms with van der Waals surface area (Å²) in [4.78, 5) is 10.8. The van der Waals surface area contributed by atoms with Crippen molar-refractivity contribution in [2.75, 3.05) is 0 Å². The van der Waals surface area contributed by atoms with Gasteiger partial charge < -0.3 is 5.11 Å². The van der Waals surface area contributed by atoms with Crippen molar-refractivity contribution < 1.29 is 18.3 Å². The first-order chi connectivity index (χ1) is 9.46. The topological polar surface area (TPSA) is 83.5 Å². The lowest BCUT2D eigenvalue weighted by molar-refractivity contribution is -0.140. The minimum Gasteiger partial charge on any atom is -0.481 e. The maximum atomic E-state index is 11.9. The highest BCUT2D eigenvalue weighted by Crippen LogP contribution is 2.18. The fourth-order valence-electron chi connectivity index (χ4n) is 1.95. The van der Waals surface area contributed by atoms with Crippen LogP contribution in [0, 0.1) is 5.92 Å². The fraction of sp³-hybridized carbons (Fsp3) is 0.214. The van der Waals surface area contributed by atoms with Gasteiger partial charge in [-0.3, -0.25) is 4.79 Å². The number of hydrogen-bond donors (Lipinski definition) is 2. The quantitative estimate of drug-likeness (QED) is 0.808. The third-order valence-electron chi connectivity index (χ3n) is 2.96. The Hall–Kier alpha value is -1.92. The first-order valence-corrected chi connectivity index (χ1v) is 7.67. The Morgan fingerprint density at radius 1 is 1.25 bits per heavy atom. The number of carboxylic acids is 1. The average molecular weight is 293 g/mol. The number of carboxylic acid groups (broad SMARTS) is 1. The van der Waals surface area contributed by atoms with E-state index in [4.69, 9.17) is 5.11 Å². The molecule has 0 radical (unpaired) electrons. The molecule has 0 spiro atoms. The van der Waals surface area contributed by atoms with E-state index in [9.17, 15) is 13.2 Å². The van der Waals surface area contributed by atoms with E-state index in [2.05, 4.69) is 4.72 Å². The molecule has 0 aromatic heterocycles. The lowest BCUT2D eigenvalue weighted by Crippen LogP contribution is -2.31. The summed E-state index contributed by atoms with van der Waals surface area (Å²) < 4.78 is 26.2. The highest BCUT2D eigenvalue weighted by molar-refractivity contribution is 7.92. The second kappa shape index (κ2) is 6.02. The molecule has 20 heavy (non-hydrogen) atoms. The summed E-state index contributed by atoms with van der Waals surface area (Å²) in [5.41, 5.74) is 0.781. The van der Waals surface area contributed by atoms with Crippen LogP contribution < -0.4 is 4.72 Å². The summed E-state index contributed by atoms with van der Waals surface area (Å²) in [7, 11) is -3.59. The van der Waals surface area contributed by atoms with Gasteiger partial charge in [-0.15, -0.1) is 0 Å². The molecule has 6 heteroatoms. The van der Waals surface area contributed by atoms with Crippen molar-refractivity contribution in [2.24, 2.45) is 5.92 Å². The van der Waals surface area contributed by atoms with Gasteiger partial charge in [0.2, 0.25) is 10.0 Å². The third-order valence-corrected chi connectivity index (χ3v) is 4.08. The van der Waals surface area contributed by atoms with Gasteiger partial charge in [0.05, 0.1) is 5.92 Å². The largest absolute Gasteiger partial charge is 0.481 e. The average Bonchev–Trinajstić information content (AvgIpc) is 2.86. The van der Waals surface area contributed by atoms with E-state index in [0.29, 0.717) is 0 Å². The highest BCUT2D eigenvalue weighted by atomic mass is 32.2. The Bertz CT molecular complexity index is 634. The van der Waals surface area contributed by atoms with Crippen molar-refractivity contribution in [3.8, 4) is 0 Å². The van der Waals surface area contributed by atoms with E-state index in [-0.39, 0.29) is 6.42 Å². The van der Waals surface area contributed by atoms with Crippen molar-refractivity contribution in [3.63, 3.8) is 0 Å². The van der Waals surface area contributed by atoms with Gasteiger partial charge in [0, 0.05) is 11.4 Å². The molecular formula is C14H15NO4S. The fourth-order valence-corrected chi connectivity index (χ4v) is 2.96. The molecule has 2 unspecified atom stereocenters. The van der Waals surface area contributed by atoms with Gasteiger partial charge in [-0.05, 0) is 18.1 Å². The van der Waals surface area contributed by atoms with Gasteiger partial charge >= 0.3 is 5.97 Å². The zero-order valence-electron chi connectivity index (χ0n) is 10.6. The minimum atomic E-state index is -3.59. The Kier molecular flexibility index (Phi) is 4.36. The van der Waals surface area contributed by atoms with E-state index >= 15 is 0 Å². The Balaban J connectivity index is 1.97. The maximum Gasteiger partial charge on any atom is 0.310 e. The number of hydrogen-bond acceptors (Lipinski definition) is 3. The number of carbonyl (C=O) groups is 1. The molecule has 5 nitrogen and oxygen atoms in total. The summed E-state index contributed by atoms with van der Waals surface area (Å²) in [6.07, 6.45) is 4.83. The lowest BCUT2D eigenvalue weighted by Gasteiger charge is -2.10. The third kappa shape index (κ3) is 4.04. The summed E-state index contributed by atoms with van der Waals surface area (Å²) >= 11 is 0. The highest BCUT2D eigenvalue weighted by Gasteiger charge is 2.26. The van der Waals surface area contributed by atoms with Crippen LogP contribution in [-0.2, 0) is 14.8 Å². The smallest absolute Gasteiger partial charge is 0.310 e. The van der Waals surface area contributed by atoms with E-state index in [1.165, 1.54) is 12.2 Å². The molecule has 0 amide bonds. The van der Waals surface area contributed by atoms with Crippen molar-refractivity contribution >= 4 is 22.1 Å². The number of sulfonamides is 1. The van der Waals surface area contributed by atoms with Crippen LogP contribution in [0.25, 0.3) is 6.08 Å². The second-order valence-corrected chi connectivity index (χ2v) is 6.15. The maximum absolute atomic E-state index is 11.9. The van der Waals surface area contributed by atoms with Gasteiger partial charge in [-0.1, -0.05) is 42.5 Å². The molecule has 0 fully saturated rings. The minimum absolute atomic E-state index is 0.244. The zero-order valence-corrected chi connectivity index (χ0v) is 11.5. The van der Waals surface area contributed by atoms with Crippen molar-refractivity contribution in [1.29, 1.82) is 0 Å². The molecule has 0 heterocycles. The van der Waals surface area contributed by atoms with Crippen molar-refractivity contribution in [3.05, 3.63) is 53.5 Å². The van der Waals surface area contributed by atoms with Crippen LogP contribution in [0.3, 0.4) is 0 Å². The lowest BCUT2D eigenvalue weighted by atomic mass is 10.1. The number of benzene rings is 1. The van der Waals surface area contributed by atoms with Gasteiger partial charge in [0.25, 0.3) is 0 Å². The molecule has 0 bridgehead atoms. The summed E-state index contributed by atoms with van der Waals surface area (Å²) in [6, 6.07) is 8.60. The predicted molar refractivity (Wildman–Crippen MR) is 76.2 cm³/mol. The molecule has 1 aromatic rings. The number of rotatable bonds is 5.